The van der Waals surface area contributed by atoms with E-state index >= 15 is 0 Å². The van der Waals surface area contributed by atoms with Gasteiger partial charge in [0.05, 0.1) is 11.7 Å². The normalized spacial score (nSPS) is 22.5. The molecule has 6 nitrogen and oxygen atoms in total. The Hall–Kier alpha value is -2.52. The first-order chi connectivity index (χ1) is 16.3. The molecule has 0 radical (unpaired) electrons. The lowest BCUT2D eigenvalue weighted by molar-refractivity contribution is -0.137. The predicted molar refractivity (Wildman–Crippen MR) is 124 cm³/mol. The maximum Gasteiger partial charge on any atom is 0.416 e. The Morgan fingerprint density at radius 3 is 2.41 bits per heavy atom. The average molecular weight is 479 g/mol. The molecule has 1 aromatic carbocycles. The van der Waals surface area contributed by atoms with Crippen LogP contribution in [0.1, 0.15) is 49.7 Å². The zero-order chi connectivity index (χ0) is 24.1. The number of aromatic nitrogens is 1. The number of urea groups is 1. The highest BCUT2D eigenvalue weighted by Crippen LogP contribution is 2.29. The number of hydrogen-bond acceptors (Lipinski definition) is 3. The van der Waals surface area contributed by atoms with Crippen molar-refractivity contribution in [3.8, 4) is 5.69 Å². The SMILES string of the molecule is O=C(NC[C@H]1CCCC[C@H]1O)NC1CCN(Cc2ccn(-c3ccc(C(F)(F)F)cc3)c2)CC1. The summed E-state index contributed by atoms with van der Waals surface area (Å²) in [5.41, 5.74) is 1.13. The van der Waals surface area contributed by atoms with Gasteiger partial charge in [0.1, 0.15) is 0 Å². The van der Waals surface area contributed by atoms with Gasteiger partial charge < -0.3 is 20.3 Å². The Morgan fingerprint density at radius 1 is 1.03 bits per heavy atom. The fraction of sp³-hybridized carbons (Fsp3) is 0.560. The van der Waals surface area contributed by atoms with E-state index in [1.165, 1.54) is 12.1 Å². The summed E-state index contributed by atoms with van der Waals surface area (Å²) in [6.07, 6.45) is 4.82. The van der Waals surface area contributed by atoms with E-state index in [0.717, 1.165) is 75.9 Å². The summed E-state index contributed by atoms with van der Waals surface area (Å²) in [6.45, 7) is 2.99. The van der Waals surface area contributed by atoms with Gasteiger partial charge in [-0.3, -0.25) is 4.90 Å². The molecule has 2 aromatic rings. The number of nitrogens with zero attached hydrogens (tertiary/aromatic N) is 2. The molecular formula is C25H33F3N4O2. The number of alkyl halides is 3. The second kappa shape index (κ2) is 10.8. The minimum Gasteiger partial charge on any atom is -0.393 e. The molecule has 4 rings (SSSR count). The monoisotopic (exact) mass is 478 g/mol. The van der Waals surface area contributed by atoms with Crippen molar-refractivity contribution < 1.29 is 23.1 Å². The highest BCUT2D eigenvalue weighted by molar-refractivity contribution is 5.74. The molecule has 1 saturated heterocycles. The Balaban J connectivity index is 1.19. The number of carbonyl (C=O) groups excluding carboxylic acids is 1. The van der Waals surface area contributed by atoms with Gasteiger partial charge in [0.25, 0.3) is 0 Å². The number of halogens is 3. The summed E-state index contributed by atoms with van der Waals surface area (Å²) >= 11 is 0. The van der Waals surface area contributed by atoms with Gasteiger partial charge in [-0.2, -0.15) is 13.2 Å². The zero-order valence-electron chi connectivity index (χ0n) is 19.2. The molecule has 1 saturated carbocycles. The first kappa shape index (κ1) is 24.6. The lowest BCUT2D eigenvalue weighted by Crippen LogP contribution is -2.49. The topological polar surface area (TPSA) is 69.5 Å². The number of carbonyl (C=O) groups is 1. The number of likely N-dealkylation sites (tertiary alicyclic amines) is 1. The molecule has 2 amide bonds. The molecule has 1 aliphatic heterocycles. The van der Waals surface area contributed by atoms with Crippen molar-refractivity contribution in [2.45, 2.75) is 63.4 Å². The van der Waals surface area contributed by atoms with Crippen LogP contribution in [0, 0.1) is 5.92 Å². The molecule has 1 aromatic heterocycles. The molecular weight excluding hydrogens is 445 g/mol. The summed E-state index contributed by atoms with van der Waals surface area (Å²) in [7, 11) is 0. The van der Waals surface area contributed by atoms with Crippen molar-refractivity contribution in [2.75, 3.05) is 19.6 Å². The molecule has 2 heterocycles. The van der Waals surface area contributed by atoms with Crippen LogP contribution in [-0.4, -0.2) is 52.4 Å². The van der Waals surface area contributed by atoms with Gasteiger partial charge in [0.2, 0.25) is 0 Å². The third-order valence-electron chi connectivity index (χ3n) is 6.97. The van der Waals surface area contributed by atoms with Crippen LogP contribution in [0.25, 0.3) is 5.69 Å². The van der Waals surface area contributed by atoms with E-state index < -0.39 is 11.7 Å². The molecule has 9 heteroatoms. The zero-order valence-corrected chi connectivity index (χ0v) is 19.2. The third kappa shape index (κ3) is 6.54. The van der Waals surface area contributed by atoms with Gasteiger partial charge in [0, 0.05) is 56.2 Å². The van der Waals surface area contributed by atoms with Crippen LogP contribution in [0.2, 0.25) is 0 Å². The summed E-state index contributed by atoms with van der Waals surface area (Å²) < 4.78 is 40.1. The molecule has 186 valence electrons. The molecule has 2 fully saturated rings. The number of nitrogens with one attached hydrogen (secondary N) is 2. The minimum absolute atomic E-state index is 0.129. The van der Waals surface area contributed by atoms with E-state index in [9.17, 15) is 23.1 Å². The first-order valence-electron chi connectivity index (χ1n) is 12.1. The second-order valence-corrected chi connectivity index (χ2v) is 9.49. The quantitative estimate of drug-likeness (QED) is 0.580. The number of rotatable bonds is 6. The van der Waals surface area contributed by atoms with E-state index in [4.69, 9.17) is 0 Å². The second-order valence-electron chi connectivity index (χ2n) is 9.49. The van der Waals surface area contributed by atoms with E-state index in [1.807, 2.05) is 23.0 Å². The molecule has 0 bridgehead atoms. The van der Waals surface area contributed by atoms with Crippen LogP contribution in [-0.2, 0) is 12.7 Å². The Labute approximate surface area is 198 Å². The largest absolute Gasteiger partial charge is 0.416 e. The number of aliphatic hydroxyl groups is 1. The predicted octanol–water partition coefficient (Wildman–Crippen LogP) is 4.31. The van der Waals surface area contributed by atoms with Crippen molar-refractivity contribution in [1.29, 1.82) is 0 Å². The maximum absolute atomic E-state index is 12.8. The molecule has 0 unspecified atom stereocenters. The number of hydrogen-bond donors (Lipinski definition) is 3. The van der Waals surface area contributed by atoms with Gasteiger partial charge >= 0.3 is 12.2 Å². The maximum atomic E-state index is 12.8. The van der Waals surface area contributed by atoms with E-state index in [1.54, 1.807) is 0 Å². The Kier molecular flexibility index (Phi) is 7.83. The number of benzene rings is 1. The van der Waals surface area contributed by atoms with Crippen LogP contribution >= 0.6 is 0 Å². The fourth-order valence-corrected chi connectivity index (χ4v) is 4.90. The van der Waals surface area contributed by atoms with Gasteiger partial charge in [0.15, 0.2) is 0 Å². The highest BCUT2D eigenvalue weighted by Gasteiger charge is 2.30. The average Bonchev–Trinajstić information content (AvgIpc) is 3.28. The summed E-state index contributed by atoms with van der Waals surface area (Å²) in [5, 5.41) is 16.0. The summed E-state index contributed by atoms with van der Waals surface area (Å²) in [6, 6.07) is 7.09. The highest BCUT2D eigenvalue weighted by atomic mass is 19.4. The fourth-order valence-electron chi connectivity index (χ4n) is 4.90. The third-order valence-corrected chi connectivity index (χ3v) is 6.97. The number of aliphatic hydroxyl groups excluding tert-OH is 1. The number of amides is 2. The molecule has 0 spiro atoms. The molecule has 34 heavy (non-hydrogen) atoms. The molecule has 1 aliphatic carbocycles. The van der Waals surface area contributed by atoms with Gasteiger partial charge in [-0.15, -0.1) is 0 Å². The van der Waals surface area contributed by atoms with Crippen molar-refractivity contribution >= 4 is 6.03 Å². The van der Waals surface area contributed by atoms with Gasteiger partial charge in [-0.1, -0.05) is 12.8 Å². The Bertz CT molecular complexity index is 936. The van der Waals surface area contributed by atoms with Crippen LogP contribution in [0.15, 0.2) is 42.7 Å². The van der Waals surface area contributed by atoms with Gasteiger partial charge in [-0.25, -0.2) is 4.79 Å². The van der Waals surface area contributed by atoms with Crippen LogP contribution in [0.5, 0.6) is 0 Å². The van der Waals surface area contributed by atoms with Gasteiger partial charge in [-0.05, 0) is 61.6 Å². The standard InChI is InChI=1S/C25H33F3N4O2/c26-25(27,28)20-5-7-22(8-6-20)32-14-9-18(17-32)16-31-12-10-21(11-13-31)30-24(34)29-15-19-3-1-2-4-23(19)33/h5-9,14,17,19,21,23,33H,1-4,10-13,15-16H2,(H2,29,30,34)/t19-,23-/m1/s1. The van der Waals surface area contributed by atoms with E-state index in [0.29, 0.717) is 12.2 Å². The number of piperidine rings is 1. The summed E-state index contributed by atoms with van der Waals surface area (Å²) in [4.78, 5) is 14.6. The van der Waals surface area contributed by atoms with E-state index in [-0.39, 0.29) is 24.1 Å². The first-order valence-corrected chi connectivity index (χ1v) is 12.1. The molecule has 3 N–H and O–H groups in total. The van der Waals surface area contributed by atoms with Crippen molar-refractivity contribution in [3.05, 3.63) is 53.9 Å². The van der Waals surface area contributed by atoms with Crippen LogP contribution < -0.4 is 10.6 Å². The van der Waals surface area contributed by atoms with Crippen LogP contribution in [0.3, 0.4) is 0 Å². The molecule has 2 atom stereocenters. The lowest BCUT2D eigenvalue weighted by atomic mass is 9.86. The van der Waals surface area contributed by atoms with Crippen molar-refractivity contribution in [3.63, 3.8) is 0 Å². The van der Waals surface area contributed by atoms with Crippen molar-refractivity contribution in [1.82, 2.24) is 20.1 Å². The Morgan fingerprint density at radius 2 is 1.74 bits per heavy atom. The van der Waals surface area contributed by atoms with Crippen LogP contribution in [0.4, 0.5) is 18.0 Å². The van der Waals surface area contributed by atoms with Crippen molar-refractivity contribution in [2.24, 2.45) is 5.92 Å². The smallest absolute Gasteiger partial charge is 0.393 e. The molecule has 2 aliphatic rings. The lowest BCUT2D eigenvalue weighted by Gasteiger charge is -2.32. The van der Waals surface area contributed by atoms with E-state index in [2.05, 4.69) is 15.5 Å². The minimum atomic E-state index is -4.33. The summed E-state index contributed by atoms with van der Waals surface area (Å²) in [5.74, 6) is 0.149.